The van der Waals surface area contributed by atoms with Crippen molar-refractivity contribution < 1.29 is 0 Å². The summed E-state index contributed by atoms with van der Waals surface area (Å²) in [4.78, 5) is 11.8. The van der Waals surface area contributed by atoms with Crippen LogP contribution in [0.25, 0.3) is 17.4 Å². The monoisotopic (exact) mass is 195 g/mol. The van der Waals surface area contributed by atoms with Gasteiger partial charge in [-0.2, -0.15) is 9.97 Å². The number of imidazole rings is 1. The first-order valence-electron chi connectivity index (χ1n) is 3.50. The summed E-state index contributed by atoms with van der Waals surface area (Å²) in [5, 5.41) is 0.105. The molecule has 6 heteroatoms. The Morgan fingerprint density at radius 2 is 2.31 bits per heavy atom. The van der Waals surface area contributed by atoms with Crippen LogP contribution in [0.3, 0.4) is 0 Å². The Morgan fingerprint density at radius 1 is 1.54 bits per heavy atom. The second kappa shape index (κ2) is 2.70. The highest BCUT2D eigenvalue weighted by atomic mass is 35.5. The normalized spacial score (nSPS) is 10.5. The van der Waals surface area contributed by atoms with Crippen LogP contribution in [0.5, 0.6) is 0 Å². The molecule has 0 fully saturated rings. The van der Waals surface area contributed by atoms with Gasteiger partial charge in [0.2, 0.25) is 5.28 Å². The highest BCUT2D eigenvalue weighted by molar-refractivity contribution is 6.28. The molecule has 0 bridgehead atoms. The van der Waals surface area contributed by atoms with Gasteiger partial charge in [0.1, 0.15) is 6.33 Å². The van der Waals surface area contributed by atoms with Gasteiger partial charge in [-0.1, -0.05) is 6.58 Å². The zero-order valence-electron chi connectivity index (χ0n) is 6.61. The molecular formula is C7H6ClN5. The van der Waals surface area contributed by atoms with Crippen LogP contribution in [0, 0.1) is 0 Å². The molecule has 0 aliphatic heterocycles. The summed E-state index contributed by atoms with van der Waals surface area (Å²) in [5.74, 6) is 0.274. The van der Waals surface area contributed by atoms with Crippen LogP contribution in [0.1, 0.15) is 0 Å². The summed E-state index contributed by atoms with van der Waals surface area (Å²) in [6.07, 6.45) is 3.12. The number of hydrogen-bond acceptors (Lipinski definition) is 4. The summed E-state index contributed by atoms with van der Waals surface area (Å²) >= 11 is 5.63. The first kappa shape index (κ1) is 8.00. The molecule has 2 aromatic rings. The Bertz CT molecular complexity index is 475. The van der Waals surface area contributed by atoms with Gasteiger partial charge in [-0.15, -0.1) is 0 Å². The summed E-state index contributed by atoms with van der Waals surface area (Å²) in [6, 6.07) is 0. The second-order valence-electron chi connectivity index (χ2n) is 2.38. The van der Waals surface area contributed by atoms with E-state index in [4.69, 9.17) is 17.3 Å². The van der Waals surface area contributed by atoms with Gasteiger partial charge in [-0.3, -0.25) is 4.57 Å². The van der Waals surface area contributed by atoms with E-state index < -0.39 is 0 Å². The van der Waals surface area contributed by atoms with Gasteiger partial charge in [0.05, 0.1) is 0 Å². The van der Waals surface area contributed by atoms with Gasteiger partial charge in [-0.05, 0) is 11.6 Å². The first-order valence-corrected chi connectivity index (χ1v) is 3.88. The largest absolute Gasteiger partial charge is 0.382 e. The van der Waals surface area contributed by atoms with Crippen molar-refractivity contribution in [2.45, 2.75) is 0 Å². The minimum Gasteiger partial charge on any atom is -0.382 e. The Balaban J connectivity index is 2.89. The SMILES string of the molecule is C=Cn1cnc2c(N)nc(Cl)nc21. The zero-order valence-corrected chi connectivity index (χ0v) is 7.36. The van der Waals surface area contributed by atoms with Crippen LogP contribution < -0.4 is 5.73 Å². The van der Waals surface area contributed by atoms with E-state index in [-0.39, 0.29) is 11.1 Å². The van der Waals surface area contributed by atoms with Gasteiger partial charge in [0.25, 0.3) is 0 Å². The van der Waals surface area contributed by atoms with Crippen LogP contribution in [-0.2, 0) is 0 Å². The average Bonchev–Trinajstić information content (AvgIpc) is 2.47. The molecule has 13 heavy (non-hydrogen) atoms. The standard InChI is InChI=1S/C7H6ClN5/c1-2-13-3-10-4-5(9)11-7(8)12-6(4)13/h2-3H,1H2,(H2,9,11,12). The molecule has 0 atom stereocenters. The van der Waals surface area contributed by atoms with Gasteiger partial charge < -0.3 is 5.73 Å². The predicted octanol–water partition coefficient (Wildman–Crippen LogP) is 1.16. The van der Waals surface area contributed by atoms with Crippen molar-refractivity contribution in [2.24, 2.45) is 0 Å². The second-order valence-corrected chi connectivity index (χ2v) is 2.72. The third-order valence-corrected chi connectivity index (χ3v) is 1.79. The molecule has 0 aliphatic carbocycles. The maximum Gasteiger partial charge on any atom is 0.226 e. The first-order chi connectivity index (χ1) is 6.22. The fraction of sp³-hybridized carbons (Fsp3) is 0. The van der Waals surface area contributed by atoms with Crippen molar-refractivity contribution in [3.63, 3.8) is 0 Å². The van der Waals surface area contributed by atoms with Crippen LogP contribution in [0.4, 0.5) is 5.82 Å². The van der Waals surface area contributed by atoms with Crippen LogP contribution >= 0.6 is 11.6 Å². The summed E-state index contributed by atoms with van der Waals surface area (Å²) < 4.78 is 1.62. The molecular weight excluding hydrogens is 190 g/mol. The van der Waals surface area contributed by atoms with Gasteiger partial charge in [0.15, 0.2) is 17.0 Å². The lowest BCUT2D eigenvalue weighted by molar-refractivity contribution is 1.13. The van der Waals surface area contributed by atoms with E-state index in [1.54, 1.807) is 17.1 Å². The van der Waals surface area contributed by atoms with Crippen molar-refractivity contribution in [3.8, 4) is 0 Å². The fourth-order valence-electron chi connectivity index (χ4n) is 1.04. The van der Waals surface area contributed by atoms with Gasteiger partial charge in [0, 0.05) is 6.20 Å². The number of rotatable bonds is 1. The summed E-state index contributed by atoms with van der Waals surface area (Å²) in [7, 11) is 0. The predicted molar refractivity (Wildman–Crippen MR) is 51.1 cm³/mol. The third kappa shape index (κ3) is 1.13. The quantitative estimate of drug-likeness (QED) is 0.694. The molecule has 0 unspecified atom stereocenters. The van der Waals surface area contributed by atoms with E-state index >= 15 is 0 Å². The third-order valence-electron chi connectivity index (χ3n) is 1.62. The molecule has 2 aromatic heterocycles. The van der Waals surface area contributed by atoms with Gasteiger partial charge in [-0.25, -0.2) is 4.98 Å². The Hall–Kier alpha value is -1.62. The van der Waals surface area contributed by atoms with Crippen LogP contribution in [0.2, 0.25) is 5.28 Å². The number of nitrogens with two attached hydrogens (primary N) is 1. The molecule has 0 radical (unpaired) electrons. The minimum atomic E-state index is 0.105. The van der Waals surface area contributed by atoms with E-state index in [2.05, 4.69) is 21.5 Å². The molecule has 2 rings (SSSR count). The van der Waals surface area contributed by atoms with E-state index in [0.717, 1.165) is 0 Å². The molecule has 2 heterocycles. The van der Waals surface area contributed by atoms with Crippen molar-refractivity contribution in [1.29, 1.82) is 0 Å². The molecule has 2 N–H and O–H groups in total. The molecule has 5 nitrogen and oxygen atoms in total. The Kier molecular flexibility index (Phi) is 1.66. The highest BCUT2D eigenvalue weighted by Gasteiger charge is 2.07. The van der Waals surface area contributed by atoms with Crippen molar-refractivity contribution >= 4 is 34.8 Å². The number of fused-ring (bicyclic) bond motifs is 1. The number of halogens is 1. The topological polar surface area (TPSA) is 69.6 Å². The van der Waals surface area contributed by atoms with Crippen LogP contribution in [0.15, 0.2) is 12.9 Å². The molecule has 0 saturated carbocycles. The molecule has 0 amide bonds. The number of nitrogens with zero attached hydrogens (tertiary/aromatic N) is 4. The number of aromatic nitrogens is 4. The maximum absolute atomic E-state index is 5.63. The fourth-order valence-corrected chi connectivity index (χ4v) is 1.22. The summed E-state index contributed by atoms with van der Waals surface area (Å²) in [6.45, 7) is 3.59. The van der Waals surface area contributed by atoms with Gasteiger partial charge >= 0.3 is 0 Å². The minimum absolute atomic E-state index is 0.105. The lowest BCUT2D eigenvalue weighted by Crippen LogP contribution is -1.95. The maximum atomic E-state index is 5.63. The molecule has 66 valence electrons. The average molecular weight is 196 g/mol. The Labute approximate surface area is 78.9 Å². The summed E-state index contributed by atoms with van der Waals surface area (Å²) in [5.41, 5.74) is 6.67. The lowest BCUT2D eigenvalue weighted by atomic mass is 10.5. The van der Waals surface area contributed by atoms with E-state index in [1.807, 2.05) is 0 Å². The van der Waals surface area contributed by atoms with Crippen molar-refractivity contribution in [2.75, 3.05) is 5.73 Å². The Morgan fingerprint density at radius 3 is 3.00 bits per heavy atom. The number of nitrogen functional groups attached to an aromatic ring is 1. The molecule has 0 saturated heterocycles. The molecule has 0 aromatic carbocycles. The zero-order chi connectivity index (χ0) is 9.42. The smallest absolute Gasteiger partial charge is 0.226 e. The lowest BCUT2D eigenvalue weighted by Gasteiger charge is -1.96. The van der Waals surface area contributed by atoms with Crippen LogP contribution in [-0.4, -0.2) is 19.5 Å². The molecule has 0 spiro atoms. The van der Waals surface area contributed by atoms with Crippen molar-refractivity contribution in [1.82, 2.24) is 19.5 Å². The molecule has 0 aliphatic rings. The van der Waals surface area contributed by atoms with E-state index in [0.29, 0.717) is 11.2 Å². The number of hydrogen-bond donors (Lipinski definition) is 1. The van der Waals surface area contributed by atoms with Crippen molar-refractivity contribution in [3.05, 3.63) is 18.2 Å². The van der Waals surface area contributed by atoms with E-state index in [1.165, 1.54) is 0 Å². The van der Waals surface area contributed by atoms with E-state index in [9.17, 15) is 0 Å². The highest BCUT2D eigenvalue weighted by Crippen LogP contribution is 2.17. The number of anilines is 1.